The van der Waals surface area contributed by atoms with Gasteiger partial charge in [0.1, 0.15) is 0 Å². The Morgan fingerprint density at radius 2 is 0.842 bits per heavy atom. The molecule has 0 unspecified atom stereocenters. The molecule has 0 aromatic heterocycles. The third-order valence-corrected chi connectivity index (χ3v) is 8.55. The molecule has 0 N–H and O–H groups in total. The predicted molar refractivity (Wildman–Crippen MR) is 162 cm³/mol. The SMILES string of the molecule is Brc1ccccc1-c1ccc(-c2cccc3c2-c2ccccc2C3(c2ccccc2)c2ccccc2)cc1. The van der Waals surface area contributed by atoms with E-state index in [4.69, 9.17) is 0 Å². The van der Waals surface area contributed by atoms with E-state index in [9.17, 15) is 0 Å². The second-order valence-corrected chi connectivity index (χ2v) is 10.7. The molecule has 0 aliphatic heterocycles. The largest absolute Gasteiger partial charge is 0.0713 e. The highest BCUT2D eigenvalue weighted by molar-refractivity contribution is 9.10. The van der Waals surface area contributed by atoms with Gasteiger partial charge in [-0.1, -0.05) is 162 Å². The van der Waals surface area contributed by atoms with Crippen LogP contribution in [0.4, 0.5) is 0 Å². The van der Waals surface area contributed by atoms with Crippen molar-refractivity contribution in [3.8, 4) is 33.4 Å². The molecule has 1 aliphatic rings. The van der Waals surface area contributed by atoms with Crippen molar-refractivity contribution in [3.05, 3.63) is 178 Å². The maximum Gasteiger partial charge on any atom is 0.0713 e. The molecule has 1 heteroatoms. The first-order valence-electron chi connectivity index (χ1n) is 13.0. The summed E-state index contributed by atoms with van der Waals surface area (Å²) in [6.45, 7) is 0. The van der Waals surface area contributed by atoms with Gasteiger partial charge in [0.15, 0.2) is 0 Å². The molecule has 38 heavy (non-hydrogen) atoms. The van der Waals surface area contributed by atoms with Crippen LogP contribution in [0.5, 0.6) is 0 Å². The Kier molecular flexibility index (Phi) is 5.60. The first-order chi connectivity index (χ1) is 18.8. The molecule has 6 aromatic carbocycles. The molecule has 6 aromatic rings. The maximum atomic E-state index is 3.71. The van der Waals surface area contributed by atoms with Gasteiger partial charge in [0.25, 0.3) is 0 Å². The summed E-state index contributed by atoms with van der Waals surface area (Å²) < 4.78 is 1.11. The quantitative estimate of drug-likeness (QED) is 0.205. The molecule has 1 aliphatic carbocycles. The molecule has 0 atom stereocenters. The molecule has 7 rings (SSSR count). The normalized spacial score (nSPS) is 13.1. The monoisotopic (exact) mass is 548 g/mol. The van der Waals surface area contributed by atoms with E-state index < -0.39 is 0 Å². The lowest BCUT2D eigenvalue weighted by Crippen LogP contribution is -2.28. The predicted octanol–water partition coefficient (Wildman–Crippen LogP) is 10.1. The van der Waals surface area contributed by atoms with Crippen molar-refractivity contribution < 1.29 is 0 Å². The van der Waals surface area contributed by atoms with Crippen molar-refractivity contribution in [2.24, 2.45) is 0 Å². The number of rotatable bonds is 4. The Bertz CT molecular complexity index is 1710. The molecular formula is C37H25Br. The van der Waals surface area contributed by atoms with Gasteiger partial charge in [-0.3, -0.25) is 0 Å². The average Bonchev–Trinajstić information content (AvgIpc) is 3.30. The van der Waals surface area contributed by atoms with E-state index in [1.165, 1.54) is 55.6 Å². The standard InChI is InChI=1S/C37H25Br/c38-35-21-10-8-16-30(35)26-22-24-27(25-23-26)31-18-11-20-34-36(31)32-17-7-9-19-33(32)37(34,28-12-3-1-4-13-28)29-14-5-2-6-15-29/h1-25H. The van der Waals surface area contributed by atoms with Crippen molar-refractivity contribution in [1.82, 2.24) is 0 Å². The second kappa shape index (κ2) is 9.28. The maximum absolute atomic E-state index is 3.71. The minimum atomic E-state index is -0.376. The van der Waals surface area contributed by atoms with E-state index in [1.54, 1.807) is 0 Å². The number of halogens is 1. The molecule has 0 spiro atoms. The Hall–Kier alpha value is -4.20. The van der Waals surface area contributed by atoms with Crippen LogP contribution in [0.1, 0.15) is 22.3 Å². The van der Waals surface area contributed by atoms with Crippen LogP contribution in [-0.4, -0.2) is 0 Å². The fraction of sp³-hybridized carbons (Fsp3) is 0.0270. The van der Waals surface area contributed by atoms with Crippen LogP contribution in [0, 0.1) is 0 Å². The Balaban J connectivity index is 1.49. The molecule has 180 valence electrons. The zero-order valence-corrected chi connectivity index (χ0v) is 22.4. The molecule has 0 saturated carbocycles. The van der Waals surface area contributed by atoms with Gasteiger partial charge in [-0.25, -0.2) is 0 Å². The summed E-state index contributed by atoms with van der Waals surface area (Å²) in [5.41, 5.74) is 12.4. The van der Waals surface area contributed by atoms with Crippen LogP contribution < -0.4 is 0 Å². The van der Waals surface area contributed by atoms with Gasteiger partial charge in [-0.15, -0.1) is 0 Å². The number of benzene rings is 6. The van der Waals surface area contributed by atoms with Crippen LogP contribution in [0.3, 0.4) is 0 Å². The van der Waals surface area contributed by atoms with E-state index in [0.29, 0.717) is 0 Å². The van der Waals surface area contributed by atoms with Crippen molar-refractivity contribution in [1.29, 1.82) is 0 Å². The molecular weight excluding hydrogens is 524 g/mol. The van der Waals surface area contributed by atoms with Crippen molar-refractivity contribution in [2.75, 3.05) is 0 Å². The van der Waals surface area contributed by atoms with E-state index in [1.807, 2.05) is 0 Å². The van der Waals surface area contributed by atoms with E-state index in [2.05, 4.69) is 168 Å². The van der Waals surface area contributed by atoms with E-state index >= 15 is 0 Å². The van der Waals surface area contributed by atoms with Crippen LogP contribution in [0.25, 0.3) is 33.4 Å². The smallest absolute Gasteiger partial charge is 0.0622 e. The molecule has 0 saturated heterocycles. The molecule has 0 amide bonds. The number of fused-ring (bicyclic) bond motifs is 3. The summed E-state index contributed by atoms with van der Waals surface area (Å²) in [6, 6.07) is 55.1. The highest BCUT2D eigenvalue weighted by Crippen LogP contribution is 2.58. The molecule has 0 heterocycles. The first kappa shape index (κ1) is 23.0. The van der Waals surface area contributed by atoms with Gasteiger partial charge in [0, 0.05) is 4.47 Å². The lowest BCUT2D eigenvalue weighted by atomic mass is 9.67. The van der Waals surface area contributed by atoms with Crippen molar-refractivity contribution >= 4 is 15.9 Å². The zero-order chi connectivity index (χ0) is 25.5. The van der Waals surface area contributed by atoms with Gasteiger partial charge in [-0.2, -0.15) is 0 Å². The third kappa shape index (κ3) is 3.43. The van der Waals surface area contributed by atoms with Crippen LogP contribution in [0.15, 0.2) is 156 Å². The second-order valence-electron chi connectivity index (χ2n) is 9.81. The Morgan fingerprint density at radius 3 is 1.47 bits per heavy atom. The Labute approximate surface area is 232 Å². The fourth-order valence-corrected chi connectivity index (χ4v) is 6.77. The van der Waals surface area contributed by atoms with Crippen molar-refractivity contribution in [3.63, 3.8) is 0 Å². The van der Waals surface area contributed by atoms with Gasteiger partial charge in [0.05, 0.1) is 5.41 Å². The fourth-order valence-electron chi connectivity index (χ4n) is 6.26. The van der Waals surface area contributed by atoms with Gasteiger partial charge >= 0.3 is 0 Å². The zero-order valence-electron chi connectivity index (χ0n) is 20.8. The summed E-state index contributed by atoms with van der Waals surface area (Å²) in [5, 5.41) is 0. The summed E-state index contributed by atoms with van der Waals surface area (Å²) in [5.74, 6) is 0. The summed E-state index contributed by atoms with van der Waals surface area (Å²) in [6.07, 6.45) is 0. The topological polar surface area (TPSA) is 0 Å². The highest BCUT2D eigenvalue weighted by atomic mass is 79.9. The lowest BCUT2D eigenvalue weighted by molar-refractivity contribution is 0.768. The average molecular weight is 550 g/mol. The summed E-state index contributed by atoms with van der Waals surface area (Å²) >= 11 is 3.71. The van der Waals surface area contributed by atoms with Gasteiger partial charge in [0.2, 0.25) is 0 Å². The summed E-state index contributed by atoms with van der Waals surface area (Å²) in [4.78, 5) is 0. The van der Waals surface area contributed by atoms with Crippen LogP contribution in [0.2, 0.25) is 0 Å². The summed E-state index contributed by atoms with van der Waals surface area (Å²) in [7, 11) is 0. The number of hydrogen-bond donors (Lipinski definition) is 0. The molecule has 0 nitrogen and oxygen atoms in total. The minimum Gasteiger partial charge on any atom is -0.0622 e. The molecule has 0 radical (unpaired) electrons. The third-order valence-electron chi connectivity index (χ3n) is 7.86. The molecule has 0 fully saturated rings. The highest BCUT2D eigenvalue weighted by Gasteiger charge is 2.46. The van der Waals surface area contributed by atoms with E-state index in [0.717, 1.165) is 4.47 Å². The van der Waals surface area contributed by atoms with E-state index in [-0.39, 0.29) is 5.41 Å². The first-order valence-corrected chi connectivity index (χ1v) is 13.8. The van der Waals surface area contributed by atoms with Gasteiger partial charge in [-0.05, 0) is 61.7 Å². The lowest BCUT2D eigenvalue weighted by Gasteiger charge is -2.34. The van der Waals surface area contributed by atoms with Crippen LogP contribution in [-0.2, 0) is 5.41 Å². The van der Waals surface area contributed by atoms with Crippen LogP contribution >= 0.6 is 15.9 Å². The Morgan fingerprint density at radius 1 is 0.368 bits per heavy atom. The minimum absolute atomic E-state index is 0.376. The van der Waals surface area contributed by atoms with Gasteiger partial charge < -0.3 is 0 Å². The van der Waals surface area contributed by atoms with Crippen molar-refractivity contribution in [2.45, 2.75) is 5.41 Å². The molecule has 0 bridgehead atoms. The number of hydrogen-bond acceptors (Lipinski definition) is 0.